The Labute approximate surface area is 144 Å². The average molecular weight is 364 g/mol. The van der Waals surface area contributed by atoms with E-state index in [0.29, 0.717) is 5.39 Å². The molecule has 25 heavy (non-hydrogen) atoms. The van der Waals surface area contributed by atoms with Crippen molar-refractivity contribution in [1.82, 2.24) is 9.71 Å². The zero-order valence-corrected chi connectivity index (χ0v) is 14.6. The number of hydrogen-bond acceptors (Lipinski definition) is 2. The second kappa shape index (κ2) is 6.24. The fourth-order valence-electron chi connectivity index (χ4n) is 2.72. The minimum absolute atomic E-state index is 0.00493. The summed E-state index contributed by atoms with van der Waals surface area (Å²) in [6, 6.07) is 9.07. The number of rotatable bonds is 5. The molecule has 132 valence electrons. The fraction of sp³-hybridized carbons (Fsp3) is 0.222. The van der Waals surface area contributed by atoms with Gasteiger partial charge in [-0.05, 0) is 48.0 Å². The van der Waals surface area contributed by atoms with Crippen LogP contribution < -0.4 is 4.72 Å². The van der Waals surface area contributed by atoms with Crippen molar-refractivity contribution in [3.63, 3.8) is 0 Å². The molecule has 0 unspecified atom stereocenters. The molecule has 4 nitrogen and oxygen atoms in total. The number of aromatic amines is 1. The highest BCUT2D eigenvalue weighted by atomic mass is 32.2. The van der Waals surface area contributed by atoms with Crippen LogP contribution in [-0.2, 0) is 15.4 Å². The van der Waals surface area contributed by atoms with E-state index in [1.165, 1.54) is 24.3 Å². The monoisotopic (exact) mass is 364 g/mol. The Morgan fingerprint density at radius 3 is 2.36 bits per heavy atom. The van der Waals surface area contributed by atoms with Crippen LogP contribution in [-0.4, -0.2) is 19.9 Å². The molecule has 3 aromatic rings. The smallest absolute Gasteiger partial charge is 0.240 e. The molecule has 0 atom stereocenters. The molecule has 1 heterocycles. The van der Waals surface area contributed by atoms with Crippen LogP contribution in [0.2, 0.25) is 0 Å². The lowest BCUT2D eigenvalue weighted by molar-refractivity contribution is 0.504. The van der Waals surface area contributed by atoms with Crippen molar-refractivity contribution in [1.29, 1.82) is 0 Å². The second-order valence-electron chi connectivity index (χ2n) is 6.55. The lowest BCUT2D eigenvalue weighted by Gasteiger charge is -2.25. The number of halogens is 2. The molecule has 0 aliphatic heterocycles. The van der Waals surface area contributed by atoms with Gasteiger partial charge in [-0.2, -0.15) is 0 Å². The second-order valence-corrected chi connectivity index (χ2v) is 8.32. The molecule has 0 saturated heterocycles. The number of sulfonamides is 1. The minimum atomic E-state index is -3.76. The molecular formula is C18H18F2N2O2S. The highest BCUT2D eigenvalue weighted by Crippen LogP contribution is 2.30. The quantitative estimate of drug-likeness (QED) is 0.725. The fourth-order valence-corrected chi connectivity index (χ4v) is 3.93. The molecule has 0 bridgehead atoms. The molecule has 0 aliphatic rings. The van der Waals surface area contributed by atoms with Crippen LogP contribution in [0.1, 0.15) is 19.4 Å². The van der Waals surface area contributed by atoms with Crippen LogP contribution in [0.3, 0.4) is 0 Å². The normalized spacial score (nSPS) is 12.6. The molecule has 0 aliphatic carbocycles. The van der Waals surface area contributed by atoms with E-state index < -0.39 is 21.3 Å². The van der Waals surface area contributed by atoms with Gasteiger partial charge < -0.3 is 4.98 Å². The summed E-state index contributed by atoms with van der Waals surface area (Å²) in [6.07, 6.45) is 1.76. The molecule has 7 heteroatoms. The van der Waals surface area contributed by atoms with Crippen molar-refractivity contribution in [2.45, 2.75) is 24.2 Å². The predicted octanol–water partition coefficient (Wildman–Crippen LogP) is 3.70. The third-order valence-corrected chi connectivity index (χ3v) is 5.62. The van der Waals surface area contributed by atoms with Gasteiger partial charge in [0.05, 0.1) is 4.90 Å². The first-order valence-corrected chi connectivity index (χ1v) is 9.20. The number of nitrogens with one attached hydrogen (secondary N) is 2. The largest absolute Gasteiger partial charge is 0.361 e. The van der Waals surface area contributed by atoms with E-state index in [1.807, 2.05) is 13.8 Å². The highest BCUT2D eigenvalue weighted by Gasteiger charge is 2.27. The van der Waals surface area contributed by atoms with Crippen LogP contribution in [0.15, 0.2) is 53.6 Å². The molecular weight excluding hydrogens is 346 g/mol. The van der Waals surface area contributed by atoms with E-state index in [4.69, 9.17) is 0 Å². The third kappa shape index (κ3) is 3.57. The van der Waals surface area contributed by atoms with Crippen molar-refractivity contribution in [2.24, 2.45) is 0 Å². The van der Waals surface area contributed by atoms with Crippen LogP contribution in [0.4, 0.5) is 8.78 Å². The zero-order valence-electron chi connectivity index (χ0n) is 13.8. The maximum Gasteiger partial charge on any atom is 0.240 e. The van der Waals surface area contributed by atoms with Gasteiger partial charge in [-0.3, -0.25) is 0 Å². The molecule has 2 aromatic carbocycles. The molecule has 0 amide bonds. The van der Waals surface area contributed by atoms with Gasteiger partial charge in [0, 0.05) is 29.1 Å². The molecule has 0 spiro atoms. The first-order valence-electron chi connectivity index (χ1n) is 7.71. The average Bonchev–Trinajstić information content (AvgIpc) is 2.97. The molecule has 0 radical (unpaired) electrons. The van der Waals surface area contributed by atoms with Gasteiger partial charge in [0.15, 0.2) is 0 Å². The lowest BCUT2D eigenvalue weighted by atomic mass is 9.85. The first kappa shape index (κ1) is 17.6. The van der Waals surface area contributed by atoms with E-state index in [0.717, 1.165) is 23.2 Å². The van der Waals surface area contributed by atoms with Gasteiger partial charge in [0.2, 0.25) is 10.0 Å². The maximum atomic E-state index is 13.6. The SMILES string of the molecule is CC(C)(CNS(=O)(=O)c1ccc(F)cc1)c1c[nH]c2ccc(F)cc12. The van der Waals surface area contributed by atoms with Crippen molar-refractivity contribution in [3.05, 3.63) is 65.9 Å². The van der Waals surface area contributed by atoms with Gasteiger partial charge in [-0.25, -0.2) is 21.9 Å². The first-order chi connectivity index (χ1) is 11.7. The highest BCUT2D eigenvalue weighted by molar-refractivity contribution is 7.89. The maximum absolute atomic E-state index is 13.6. The van der Waals surface area contributed by atoms with Crippen molar-refractivity contribution in [3.8, 4) is 0 Å². The van der Waals surface area contributed by atoms with Crippen molar-refractivity contribution < 1.29 is 17.2 Å². The lowest BCUT2D eigenvalue weighted by Crippen LogP contribution is -2.36. The Balaban J connectivity index is 1.85. The Kier molecular flexibility index (Phi) is 4.38. The van der Waals surface area contributed by atoms with Gasteiger partial charge in [-0.15, -0.1) is 0 Å². The predicted molar refractivity (Wildman–Crippen MR) is 92.9 cm³/mol. The Bertz CT molecular complexity index is 1010. The zero-order chi connectivity index (χ0) is 18.2. The number of benzene rings is 2. The third-order valence-electron chi connectivity index (χ3n) is 4.20. The van der Waals surface area contributed by atoms with E-state index in [9.17, 15) is 17.2 Å². The van der Waals surface area contributed by atoms with Crippen molar-refractivity contribution >= 4 is 20.9 Å². The standard InChI is InChI=1S/C18H18F2N2O2S/c1-18(2,16-10-21-17-8-5-13(20)9-15(16)17)11-22-25(23,24)14-6-3-12(19)4-7-14/h3-10,21-22H,11H2,1-2H3. The van der Waals surface area contributed by atoms with Crippen LogP contribution in [0, 0.1) is 11.6 Å². The summed E-state index contributed by atoms with van der Waals surface area (Å²) in [5.74, 6) is -0.851. The summed E-state index contributed by atoms with van der Waals surface area (Å²) in [4.78, 5) is 3.07. The van der Waals surface area contributed by atoms with Gasteiger partial charge in [-0.1, -0.05) is 13.8 Å². The van der Waals surface area contributed by atoms with E-state index in [2.05, 4.69) is 9.71 Å². The summed E-state index contributed by atoms with van der Waals surface area (Å²) in [7, 11) is -3.76. The Morgan fingerprint density at radius 2 is 1.68 bits per heavy atom. The van der Waals surface area contributed by atoms with E-state index in [1.54, 1.807) is 12.3 Å². The number of H-pyrrole nitrogens is 1. The molecule has 0 fully saturated rings. The summed E-state index contributed by atoms with van der Waals surface area (Å²) in [5.41, 5.74) is 1.01. The molecule has 0 saturated carbocycles. The molecule has 2 N–H and O–H groups in total. The number of hydrogen-bond donors (Lipinski definition) is 2. The van der Waals surface area contributed by atoms with Gasteiger partial charge in [0.1, 0.15) is 11.6 Å². The minimum Gasteiger partial charge on any atom is -0.361 e. The molecule has 1 aromatic heterocycles. The van der Waals surface area contributed by atoms with E-state index in [-0.39, 0.29) is 17.3 Å². The van der Waals surface area contributed by atoms with Crippen molar-refractivity contribution in [2.75, 3.05) is 6.54 Å². The van der Waals surface area contributed by atoms with E-state index >= 15 is 0 Å². The van der Waals surface area contributed by atoms with Crippen LogP contribution in [0.5, 0.6) is 0 Å². The van der Waals surface area contributed by atoms with Gasteiger partial charge in [0.25, 0.3) is 0 Å². The summed E-state index contributed by atoms with van der Waals surface area (Å²) < 4.78 is 53.8. The van der Waals surface area contributed by atoms with Gasteiger partial charge >= 0.3 is 0 Å². The Morgan fingerprint density at radius 1 is 1.04 bits per heavy atom. The van der Waals surface area contributed by atoms with Crippen LogP contribution in [0.25, 0.3) is 10.9 Å². The Hall–Kier alpha value is -2.25. The number of fused-ring (bicyclic) bond motifs is 1. The number of aromatic nitrogens is 1. The molecule has 3 rings (SSSR count). The summed E-state index contributed by atoms with van der Waals surface area (Å²) >= 11 is 0. The topological polar surface area (TPSA) is 62.0 Å². The summed E-state index contributed by atoms with van der Waals surface area (Å²) in [5, 5.41) is 0.714. The van der Waals surface area contributed by atoms with Crippen LogP contribution >= 0.6 is 0 Å². The summed E-state index contributed by atoms with van der Waals surface area (Å²) in [6.45, 7) is 3.84.